The second kappa shape index (κ2) is 6.00. The van der Waals surface area contributed by atoms with Gasteiger partial charge in [-0.15, -0.1) is 0 Å². The highest BCUT2D eigenvalue weighted by Gasteiger charge is 2.07. The summed E-state index contributed by atoms with van der Waals surface area (Å²) >= 11 is 0. The highest BCUT2D eigenvalue weighted by atomic mass is 16.1. The van der Waals surface area contributed by atoms with Gasteiger partial charge in [0.1, 0.15) is 0 Å². The zero-order chi connectivity index (χ0) is 9.56. The van der Waals surface area contributed by atoms with Crippen molar-refractivity contribution in [3.63, 3.8) is 0 Å². The molecule has 3 N–H and O–H groups in total. The van der Waals surface area contributed by atoms with Crippen molar-refractivity contribution < 1.29 is 4.79 Å². The zero-order valence-corrected chi connectivity index (χ0v) is 8.26. The van der Waals surface area contributed by atoms with Crippen LogP contribution in [0.5, 0.6) is 0 Å². The highest BCUT2D eigenvalue weighted by Crippen LogP contribution is 1.98. The minimum atomic E-state index is -0.230. The van der Waals surface area contributed by atoms with Crippen LogP contribution in [0, 0.1) is 11.8 Å². The lowest BCUT2D eigenvalue weighted by atomic mass is 10.1. The Hall–Kier alpha value is -0.570. The number of primary amides is 1. The first kappa shape index (κ1) is 11.4. The molecule has 0 heterocycles. The maximum Gasteiger partial charge on any atom is 0.221 e. The third-order valence-corrected chi connectivity index (χ3v) is 2.13. The van der Waals surface area contributed by atoms with E-state index in [0.29, 0.717) is 12.5 Å². The average Bonchev–Trinajstić information content (AvgIpc) is 2.03. The van der Waals surface area contributed by atoms with Crippen LogP contribution in [0.3, 0.4) is 0 Å². The van der Waals surface area contributed by atoms with Crippen molar-refractivity contribution >= 4 is 5.91 Å². The Balaban J connectivity index is 3.37. The quantitative estimate of drug-likeness (QED) is 0.621. The Morgan fingerprint density at radius 3 is 2.42 bits per heavy atom. The number of nitrogens with two attached hydrogens (primary N) is 1. The number of hydrogen-bond donors (Lipinski definition) is 2. The van der Waals surface area contributed by atoms with E-state index in [0.717, 1.165) is 13.0 Å². The fourth-order valence-electron chi connectivity index (χ4n) is 0.791. The molecular formula is C9H20N2O. The van der Waals surface area contributed by atoms with Crippen LogP contribution in [-0.4, -0.2) is 19.0 Å². The summed E-state index contributed by atoms with van der Waals surface area (Å²) in [7, 11) is 0. The summed E-state index contributed by atoms with van der Waals surface area (Å²) in [5.41, 5.74) is 5.11. The Kier molecular flexibility index (Phi) is 5.72. The monoisotopic (exact) mass is 172 g/mol. The van der Waals surface area contributed by atoms with Gasteiger partial charge in [0.25, 0.3) is 0 Å². The van der Waals surface area contributed by atoms with E-state index >= 15 is 0 Å². The van der Waals surface area contributed by atoms with Gasteiger partial charge in [-0.25, -0.2) is 0 Å². The maximum absolute atomic E-state index is 10.6. The molecular weight excluding hydrogens is 152 g/mol. The van der Waals surface area contributed by atoms with Crippen molar-refractivity contribution in [2.45, 2.75) is 27.2 Å². The second-order valence-corrected chi connectivity index (χ2v) is 3.48. The van der Waals surface area contributed by atoms with Crippen LogP contribution in [0.2, 0.25) is 0 Å². The molecule has 2 atom stereocenters. The average molecular weight is 172 g/mol. The number of amides is 1. The lowest BCUT2D eigenvalue weighted by Gasteiger charge is -2.12. The van der Waals surface area contributed by atoms with Crippen LogP contribution in [0.25, 0.3) is 0 Å². The van der Waals surface area contributed by atoms with E-state index in [2.05, 4.69) is 19.2 Å². The van der Waals surface area contributed by atoms with Crippen molar-refractivity contribution in [1.82, 2.24) is 5.32 Å². The molecule has 0 radical (unpaired) electrons. The van der Waals surface area contributed by atoms with Crippen molar-refractivity contribution in [3.8, 4) is 0 Å². The smallest absolute Gasteiger partial charge is 0.221 e. The summed E-state index contributed by atoms with van der Waals surface area (Å²) in [6.45, 7) is 7.84. The van der Waals surface area contributed by atoms with Gasteiger partial charge < -0.3 is 11.1 Å². The number of hydrogen-bond acceptors (Lipinski definition) is 2. The summed E-state index contributed by atoms with van der Waals surface area (Å²) in [6, 6.07) is 0. The Labute approximate surface area is 74.7 Å². The van der Waals surface area contributed by atoms with Crippen LogP contribution < -0.4 is 11.1 Å². The molecule has 3 nitrogen and oxygen atoms in total. The molecule has 12 heavy (non-hydrogen) atoms. The summed E-state index contributed by atoms with van der Waals surface area (Å²) in [4.78, 5) is 10.6. The van der Waals surface area contributed by atoms with Crippen LogP contribution in [0.1, 0.15) is 27.2 Å². The van der Waals surface area contributed by atoms with E-state index in [1.807, 2.05) is 6.92 Å². The predicted molar refractivity (Wildman–Crippen MR) is 50.7 cm³/mol. The first-order chi connectivity index (χ1) is 5.57. The van der Waals surface area contributed by atoms with Gasteiger partial charge in [0.05, 0.1) is 0 Å². The molecule has 2 unspecified atom stereocenters. The van der Waals surface area contributed by atoms with Crippen LogP contribution in [0.15, 0.2) is 0 Å². The molecule has 0 saturated heterocycles. The third-order valence-electron chi connectivity index (χ3n) is 2.13. The van der Waals surface area contributed by atoms with Gasteiger partial charge >= 0.3 is 0 Å². The molecule has 72 valence electrons. The Morgan fingerprint density at radius 2 is 2.00 bits per heavy atom. The van der Waals surface area contributed by atoms with Crippen LogP contribution >= 0.6 is 0 Å². The van der Waals surface area contributed by atoms with Crippen LogP contribution in [-0.2, 0) is 4.79 Å². The standard InChI is InChI=1S/C9H20N2O/c1-4-7(2)5-11-6-8(3)9(10)12/h7-8,11H,4-6H2,1-3H3,(H2,10,12). The van der Waals surface area contributed by atoms with E-state index in [4.69, 9.17) is 5.73 Å². The normalized spacial score (nSPS) is 15.6. The highest BCUT2D eigenvalue weighted by molar-refractivity contribution is 5.76. The fraction of sp³-hybridized carbons (Fsp3) is 0.889. The third kappa shape index (κ3) is 5.13. The fourth-order valence-corrected chi connectivity index (χ4v) is 0.791. The molecule has 0 bridgehead atoms. The zero-order valence-electron chi connectivity index (χ0n) is 8.26. The van der Waals surface area contributed by atoms with E-state index < -0.39 is 0 Å². The molecule has 0 saturated carbocycles. The summed E-state index contributed by atoms with van der Waals surface area (Å²) < 4.78 is 0. The number of carbonyl (C=O) groups excluding carboxylic acids is 1. The summed E-state index contributed by atoms with van der Waals surface area (Å²) in [5.74, 6) is 0.380. The molecule has 0 aliphatic heterocycles. The molecule has 0 aliphatic rings. The summed E-state index contributed by atoms with van der Waals surface area (Å²) in [6.07, 6.45) is 1.16. The first-order valence-electron chi connectivity index (χ1n) is 4.58. The van der Waals surface area contributed by atoms with Gasteiger partial charge in [-0.2, -0.15) is 0 Å². The molecule has 0 fully saturated rings. The van der Waals surface area contributed by atoms with Crippen molar-refractivity contribution in [2.75, 3.05) is 13.1 Å². The molecule has 0 spiro atoms. The maximum atomic E-state index is 10.6. The molecule has 0 aliphatic carbocycles. The Morgan fingerprint density at radius 1 is 1.42 bits per heavy atom. The molecule has 0 aromatic heterocycles. The minimum Gasteiger partial charge on any atom is -0.369 e. The van der Waals surface area contributed by atoms with E-state index in [1.165, 1.54) is 0 Å². The second-order valence-electron chi connectivity index (χ2n) is 3.48. The van der Waals surface area contributed by atoms with Gasteiger partial charge in [-0.05, 0) is 12.5 Å². The van der Waals surface area contributed by atoms with E-state index in [-0.39, 0.29) is 11.8 Å². The summed E-state index contributed by atoms with van der Waals surface area (Å²) in [5, 5.41) is 3.22. The van der Waals surface area contributed by atoms with Gasteiger partial charge in [0.15, 0.2) is 0 Å². The minimum absolute atomic E-state index is 0.0611. The van der Waals surface area contributed by atoms with Crippen molar-refractivity contribution in [2.24, 2.45) is 17.6 Å². The Bertz CT molecular complexity index is 136. The van der Waals surface area contributed by atoms with E-state index in [1.54, 1.807) is 0 Å². The van der Waals surface area contributed by atoms with Gasteiger partial charge in [-0.1, -0.05) is 27.2 Å². The molecule has 3 heteroatoms. The number of nitrogens with one attached hydrogen (secondary N) is 1. The van der Waals surface area contributed by atoms with Crippen molar-refractivity contribution in [3.05, 3.63) is 0 Å². The first-order valence-corrected chi connectivity index (χ1v) is 4.58. The SMILES string of the molecule is CCC(C)CNCC(C)C(N)=O. The van der Waals surface area contributed by atoms with Crippen LogP contribution in [0.4, 0.5) is 0 Å². The van der Waals surface area contributed by atoms with Gasteiger partial charge in [0.2, 0.25) is 5.91 Å². The largest absolute Gasteiger partial charge is 0.369 e. The molecule has 0 aromatic rings. The predicted octanol–water partition coefficient (Wildman–Crippen LogP) is 0.744. The van der Waals surface area contributed by atoms with Gasteiger partial charge in [0, 0.05) is 12.5 Å². The lowest BCUT2D eigenvalue weighted by molar-refractivity contribution is -0.121. The topological polar surface area (TPSA) is 55.1 Å². The molecule has 1 amide bonds. The number of carbonyl (C=O) groups is 1. The lowest BCUT2D eigenvalue weighted by Crippen LogP contribution is -2.32. The van der Waals surface area contributed by atoms with Gasteiger partial charge in [-0.3, -0.25) is 4.79 Å². The molecule has 0 rings (SSSR count). The molecule has 0 aromatic carbocycles. The number of rotatable bonds is 6. The van der Waals surface area contributed by atoms with E-state index in [9.17, 15) is 4.79 Å². The van der Waals surface area contributed by atoms with Crippen molar-refractivity contribution in [1.29, 1.82) is 0 Å².